The lowest BCUT2D eigenvalue weighted by Gasteiger charge is -2.27. The van der Waals surface area contributed by atoms with Crippen molar-refractivity contribution >= 4 is 28.7 Å². The third kappa shape index (κ3) is 5.80. The van der Waals surface area contributed by atoms with Crippen molar-refractivity contribution in [3.8, 4) is 0 Å². The molecule has 1 aromatic carbocycles. The summed E-state index contributed by atoms with van der Waals surface area (Å²) in [4.78, 5) is 6.00. The molecule has 156 valence electrons. The van der Waals surface area contributed by atoms with Gasteiger partial charge in [-0.05, 0) is 49.3 Å². The average molecular weight is 424 g/mol. The standard InChI is InChI=1S/C20H23F3N4OS/c21-20(22,23)15-7-8-17(27-10-3-1-2-4-11-27)16(12-15)25-19(29)26-18(28)14-6-5-9-24-13-14/h5-9,12-13,18,28H,1-4,10-11H2,(H2,25,26,29). The van der Waals surface area contributed by atoms with Crippen LogP contribution in [0.3, 0.4) is 0 Å². The van der Waals surface area contributed by atoms with Crippen LogP contribution in [0.4, 0.5) is 24.5 Å². The second kappa shape index (κ2) is 9.41. The molecule has 2 heterocycles. The Hall–Kier alpha value is -2.39. The summed E-state index contributed by atoms with van der Waals surface area (Å²) >= 11 is 5.23. The van der Waals surface area contributed by atoms with E-state index >= 15 is 0 Å². The van der Waals surface area contributed by atoms with E-state index in [1.165, 1.54) is 12.3 Å². The number of nitrogens with one attached hydrogen (secondary N) is 2. The number of nitrogens with zero attached hydrogens (tertiary/aromatic N) is 2. The van der Waals surface area contributed by atoms with Gasteiger partial charge in [-0.25, -0.2) is 0 Å². The maximum Gasteiger partial charge on any atom is 0.416 e. The van der Waals surface area contributed by atoms with Crippen molar-refractivity contribution in [2.24, 2.45) is 0 Å². The molecule has 1 fully saturated rings. The maximum absolute atomic E-state index is 13.2. The van der Waals surface area contributed by atoms with Crippen molar-refractivity contribution in [2.45, 2.75) is 38.1 Å². The Kier molecular flexibility index (Phi) is 6.92. The summed E-state index contributed by atoms with van der Waals surface area (Å²) in [6, 6.07) is 6.97. The predicted octanol–water partition coefficient (Wildman–Crippen LogP) is 4.46. The minimum atomic E-state index is -4.46. The van der Waals surface area contributed by atoms with Gasteiger partial charge in [0.05, 0.1) is 16.9 Å². The number of aliphatic hydroxyl groups is 1. The van der Waals surface area contributed by atoms with Gasteiger partial charge in [-0.15, -0.1) is 0 Å². The molecule has 3 N–H and O–H groups in total. The van der Waals surface area contributed by atoms with E-state index in [1.54, 1.807) is 18.3 Å². The molecule has 0 amide bonds. The second-order valence-electron chi connectivity index (χ2n) is 6.92. The fraction of sp³-hybridized carbons (Fsp3) is 0.400. The Bertz CT molecular complexity index is 824. The first-order valence-corrected chi connectivity index (χ1v) is 9.87. The molecule has 3 rings (SSSR count). The minimum absolute atomic E-state index is 0.0248. The number of hydrogen-bond acceptors (Lipinski definition) is 4. The molecule has 1 atom stereocenters. The van der Waals surface area contributed by atoms with Crippen LogP contribution < -0.4 is 15.5 Å². The predicted molar refractivity (Wildman–Crippen MR) is 111 cm³/mol. The van der Waals surface area contributed by atoms with Crippen molar-refractivity contribution in [2.75, 3.05) is 23.3 Å². The third-order valence-corrected chi connectivity index (χ3v) is 5.01. The lowest BCUT2D eigenvalue weighted by molar-refractivity contribution is -0.137. The highest BCUT2D eigenvalue weighted by molar-refractivity contribution is 7.80. The van der Waals surface area contributed by atoms with Gasteiger partial charge in [0.2, 0.25) is 0 Å². The fourth-order valence-corrected chi connectivity index (χ4v) is 3.53. The zero-order chi connectivity index (χ0) is 20.9. The van der Waals surface area contributed by atoms with Gasteiger partial charge in [0.1, 0.15) is 0 Å². The molecular formula is C20H23F3N4OS. The van der Waals surface area contributed by atoms with Gasteiger partial charge in [-0.3, -0.25) is 4.98 Å². The van der Waals surface area contributed by atoms with E-state index in [4.69, 9.17) is 12.2 Å². The van der Waals surface area contributed by atoms with Crippen LogP contribution in [0.25, 0.3) is 0 Å². The second-order valence-corrected chi connectivity index (χ2v) is 7.33. The van der Waals surface area contributed by atoms with Crippen LogP contribution in [0.5, 0.6) is 0 Å². The molecule has 1 aromatic heterocycles. The van der Waals surface area contributed by atoms with Crippen LogP contribution in [0.2, 0.25) is 0 Å². The fourth-order valence-electron chi connectivity index (χ4n) is 3.30. The molecular weight excluding hydrogens is 401 g/mol. The number of anilines is 2. The van der Waals surface area contributed by atoms with E-state index in [9.17, 15) is 18.3 Å². The Balaban J connectivity index is 1.81. The number of halogens is 3. The van der Waals surface area contributed by atoms with Gasteiger partial charge in [0, 0.05) is 31.0 Å². The number of aliphatic hydroxyl groups excluding tert-OH is 1. The Morgan fingerprint density at radius 1 is 1.14 bits per heavy atom. The zero-order valence-electron chi connectivity index (χ0n) is 15.7. The van der Waals surface area contributed by atoms with Crippen LogP contribution >= 0.6 is 12.2 Å². The van der Waals surface area contributed by atoms with Gasteiger partial charge in [-0.2, -0.15) is 13.2 Å². The first-order valence-electron chi connectivity index (χ1n) is 9.46. The Morgan fingerprint density at radius 3 is 2.48 bits per heavy atom. The van der Waals surface area contributed by atoms with E-state index < -0.39 is 18.0 Å². The van der Waals surface area contributed by atoms with E-state index in [1.807, 2.05) is 0 Å². The van der Waals surface area contributed by atoms with Gasteiger partial charge in [0.25, 0.3) is 0 Å². The average Bonchev–Trinajstić information content (AvgIpc) is 2.97. The molecule has 0 radical (unpaired) electrons. The Morgan fingerprint density at radius 2 is 1.86 bits per heavy atom. The smallest absolute Gasteiger partial charge is 0.370 e. The largest absolute Gasteiger partial charge is 0.416 e. The number of aromatic nitrogens is 1. The molecule has 9 heteroatoms. The molecule has 1 unspecified atom stereocenters. The number of thiocarbonyl (C=S) groups is 1. The van der Waals surface area contributed by atoms with Crippen molar-refractivity contribution in [1.82, 2.24) is 10.3 Å². The topological polar surface area (TPSA) is 60.4 Å². The molecule has 0 saturated carbocycles. The summed E-state index contributed by atoms with van der Waals surface area (Å²) in [6.45, 7) is 1.55. The van der Waals surface area contributed by atoms with Crippen LogP contribution in [-0.4, -0.2) is 28.3 Å². The maximum atomic E-state index is 13.2. The molecule has 2 aromatic rings. The lowest BCUT2D eigenvalue weighted by Crippen LogP contribution is -2.33. The first kappa shape index (κ1) is 21.3. The highest BCUT2D eigenvalue weighted by Gasteiger charge is 2.31. The zero-order valence-corrected chi connectivity index (χ0v) is 16.6. The van der Waals surface area contributed by atoms with E-state index in [2.05, 4.69) is 20.5 Å². The quantitative estimate of drug-likeness (QED) is 0.498. The van der Waals surface area contributed by atoms with Crippen LogP contribution in [0.1, 0.15) is 43.0 Å². The van der Waals surface area contributed by atoms with Gasteiger partial charge in [-0.1, -0.05) is 18.9 Å². The highest BCUT2D eigenvalue weighted by Crippen LogP contribution is 2.36. The molecule has 0 aliphatic carbocycles. The lowest BCUT2D eigenvalue weighted by atomic mass is 10.1. The van der Waals surface area contributed by atoms with Gasteiger partial charge >= 0.3 is 6.18 Å². The number of hydrogen-bond donors (Lipinski definition) is 3. The van der Waals surface area contributed by atoms with Crippen molar-refractivity contribution < 1.29 is 18.3 Å². The SMILES string of the molecule is OC(NC(=S)Nc1cc(C(F)(F)F)ccc1N1CCCCCC1)c1cccnc1. The molecule has 29 heavy (non-hydrogen) atoms. The van der Waals surface area contributed by atoms with Crippen LogP contribution in [-0.2, 0) is 6.18 Å². The van der Waals surface area contributed by atoms with E-state index in [0.29, 0.717) is 11.3 Å². The summed E-state index contributed by atoms with van der Waals surface area (Å²) in [5.41, 5.74) is 0.667. The van der Waals surface area contributed by atoms with E-state index in [-0.39, 0.29) is 10.8 Å². The number of pyridine rings is 1. The number of rotatable bonds is 4. The van der Waals surface area contributed by atoms with Crippen molar-refractivity contribution in [3.63, 3.8) is 0 Å². The molecule has 1 aliphatic rings. The third-order valence-electron chi connectivity index (χ3n) is 4.79. The minimum Gasteiger partial charge on any atom is -0.370 e. The highest BCUT2D eigenvalue weighted by atomic mass is 32.1. The summed E-state index contributed by atoms with van der Waals surface area (Å²) in [5.74, 6) is 0. The summed E-state index contributed by atoms with van der Waals surface area (Å²) < 4.78 is 39.7. The summed E-state index contributed by atoms with van der Waals surface area (Å²) in [6.07, 6.45) is 1.66. The van der Waals surface area contributed by atoms with Gasteiger partial charge in [0.15, 0.2) is 11.3 Å². The normalized spacial score (nSPS) is 16.1. The monoisotopic (exact) mass is 424 g/mol. The molecule has 0 spiro atoms. The first-order chi connectivity index (χ1) is 13.8. The summed E-state index contributed by atoms with van der Waals surface area (Å²) in [5, 5.41) is 15.8. The van der Waals surface area contributed by atoms with Crippen LogP contribution in [0.15, 0.2) is 42.7 Å². The molecule has 0 bridgehead atoms. The molecule has 1 saturated heterocycles. The van der Waals surface area contributed by atoms with E-state index in [0.717, 1.165) is 50.9 Å². The van der Waals surface area contributed by atoms with Gasteiger partial charge < -0.3 is 20.6 Å². The summed E-state index contributed by atoms with van der Waals surface area (Å²) in [7, 11) is 0. The van der Waals surface area contributed by atoms with Crippen LogP contribution in [0, 0.1) is 0 Å². The molecule has 5 nitrogen and oxygen atoms in total. The number of benzene rings is 1. The molecule has 1 aliphatic heterocycles. The number of alkyl halides is 3. The van der Waals surface area contributed by atoms with Crippen molar-refractivity contribution in [1.29, 1.82) is 0 Å². The van der Waals surface area contributed by atoms with Crippen molar-refractivity contribution in [3.05, 3.63) is 53.9 Å². The Labute approximate surface area is 172 Å².